The summed E-state index contributed by atoms with van der Waals surface area (Å²) in [5, 5.41) is 20.6. The molecule has 0 spiro atoms. The van der Waals surface area contributed by atoms with Crippen molar-refractivity contribution in [2.75, 3.05) is 5.32 Å². The maximum atomic E-state index is 12.0. The Bertz CT molecular complexity index is 841. The first-order valence-electron chi connectivity index (χ1n) is 6.07. The highest BCUT2D eigenvalue weighted by molar-refractivity contribution is 7.14. The van der Waals surface area contributed by atoms with Crippen molar-refractivity contribution in [2.45, 2.75) is 0 Å². The van der Waals surface area contributed by atoms with Gasteiger partial charge in [-0.25, -0.2) is 9.97 Å². The summed E-state index contributed by atoms with van der Waals surface area (Å²) in [5.41, 5.74) is 1.63. The maximum absolute atomic E-state index is 12.0. The number of carbonyl (C=O) groups excluding carboxylic acids is 1. The SMILES string of the molecule is N#CC(=Cc1csc(-c2ccsc2)n1)C(=O)Nc1nccs1. The van der Waals surface area contributed by atoms with Crippen LogP contribution in [-0.2, 0) is 4.79 Å². The van der Waals surface area contributed by atoms with Crippen LogP contribution in [0.25, 0.3) is 16.6 Å². The summed E-state index contributed by atoms with van der Waals surface area (Å²) < 4.78 is 0. The second kappa shape index (κ2) is 6.62. The molecule has 0 fully saturated rings. The third-order valence-electron chi connectivity index (χ3n) is 2.60. The Kier molecular flexibility index (Phi) is 4.39. The molecular weight excluding hydrogens is 336 g/mol. The predicted molar refractivity (Wildman–Crippen MR) is 89.8 cm³/mol. The van der Waals surface area contributed by atoms with Gasteiger partial charge in [0.15, 0.2) is 5.13 Å². The molecule has 0 unspecified atom stereocenters. The molecule has 0 atom stereocenters. The Labute approximate surface area is 138 Å². The van der Waals surface area contributed by atoms with Crippen LogP contribution >= 0.6 is 34.0 Å². The van der Waals surface area contributed by atoms with Crippen molar-refractivity contribution < 1.29 is 4.79 Å². The predicted octanol–water partition coefficient (Wildman–Crippen LogP) is 3.87. The monoisotopic (exact) mass is 344 g/mol. The number of amides is 1. The van der Waals surface area contributed by atoms with E-state index in [1.165, 1.54) is 28.7 Å². The van der Waals surface area contributed by atoms with E-state index in [0.717, 1.165) is 10.6 Å². The molecule has 0 radical (unpaired) electrons. The van der Waals surface area contributed by atoms with E-state index in [1.54, 1.807) is 22.9 Å². The zero-order valence-electron chi connectivity index (χ0n) is 11.0. The minimum atomic E-state index is -0.484. The van der Waals surface area contributed by atoms with E-state index < -0.39 is 5.91 Å². The molecule has 8 heteroatoms. The summed E-state index contributed by atoms with van der Waals surface area (Å²) in [6.07, 6.45) is 3.07. The molecule has 3 heterocycles. The van der Waals surface area contributed by atoms with Crippen LogP contribution in [0.15, 0.2) is 39.4 Å². The molecule has 1 N–H and O–H groups in total. The molecule has 3 rings (SSSR count). The van der Waals surface area contributed by atoms with E-state index in [9.17, 15) is 4.79 Å². The molecular formula is C14H8N4OS3. The van der Waals surface area contributed by atoms with Crippen LogP contribution in [0.3, 0.4) is 0 Å². The average molecular weight is 344 g/mol. The number of hydrogen-bond acceptors (Lipinski definition) is 7. The normalized spacial score (nSPS) is 11.1. The molecule has 0 aliphatic carbocycles. The van der Waals surface area contributed by atoms with Crippen LogP contribution in [0.5, 0.6) is 0 Å². The lowest BCUT2D eigenvalue weighted by atomic mass is 10.2. The van der Waals surface area contributed by atoms with E-state index >= 15 is 0 Å². The number of thiophene rings is 1. The molecule has 0 saturated carbocycles. The van der Waals surface area contributed by atoms with E-state index in [-0.39, 0.29) is 5.57 Å². The zero-order valence-corrected chi connectivity index (χ0v) is 13.5. The second-order valence-electron chi connectivity index (χ2n) is 4.05. The summed E-state index contributed by atoms with van der Waals surface area (Å²) in [6, 6.07) is 3.88. The van der Waals surface area contributed by atoms with Crippen molar-refractivity contribution in [3.8, 4) is 16.6 Å². The first-order chi connectivity index (χ1) is 10.8. The Hall–Kier alpha value is -2.34. The summed E-state index contributed by atoms with van der Waals surface area (Å²) in [6.45, 7) is 0. The third-order valence-corrected chi connectivity index (χ3v) is 4.88. The van der Waals surface area contributed by atoms with Crippen LogP contribution in [-0.4, -0.2) is 15.9 Å². The van der Waals surface area contributed by atoms with Crippen LogP contribution in [0.4, 0.5) is 5.13 Å². The highest BCUT2D eigenvalue weighted by Gasteiger charge is 2.12. The van der Waals surface area contributed by atoms with Gasteiger partial charge in [0.1, 0.15) is 16.6 Å². The molecule has 3 aromatic rings. The maximum Gasteiger partial charge on any atom is 0.268 e. The van der Waals surface area contributed by atoms with Gasteiger partial charge in [-0.05, 0) is 17.5 Å². The average Bonchev–Trinajstić information content (AvgIpc) is 3.25. The van der Waals surface area contributed by atoms with Crippen molar-refractivity contribution >= 4 is 51.1 Å². The summed E-state index contributed by atoms with van der Waals surface area (Å²) in [7, 11) is 0. The van der Waals surface area contributed by atoms with Gasteiger partial charge in [0, 0.05) is 27.9 Å². The fraction of sp³-hybridized carbons (Fsp3) is 0. The minimum absolute atomic E-state index is 0.00244. The number of nitrogens with zero attached hydrogens (tertiary/aromatic N) is 3. The smallest absolute Gasteiger partial charge is 0.268 e. The van der Waals surface area contributed by atoms with Crippen molar-refractivity contribution in [2.24, 2.45) is 0 Å². The Morgan fingerprint density at radius 2 is 2.23 bits per heavy atom. The molecule has 108 valence electrons. The van der Waals surface area contributed by atoms with Crippen LogP contribution in [0.1, 0.15) is 5.69 Å². The fourth-order valence-corrected chi connectivity index (χ4v) is 3.63. The molecule has 0 bridgehead atoms. The van der Waals surface area contributed by atoms with E-state index in [4.69, 9.17) is 5.26 Å². The Balaban J connectivity index is 1.80. The number of nitriles is 1. The molecule has 5 nitrogen and oxygen atoms in total. The molecule has 0 aliphatic rings. The van der Waals surface area contributed by atoms with Crippen molar-refractivity contribution in [1.29, 1.82) is 5.26 Å². The second-order valence-corrected chi connectivity index (χ2v) is 6.58. The van der Waals surface area contributed by atoms with Crippen LogP contribution < -0.4 is 5.32 Å². The molecule has 0 aliphatic heterocycles. The summed E-state index contributed by atoms with van der Waals surface area (Å²) in [4.78, 5) is 20.4. The van der Waals surface area contributed by atoms with Crippen LogP contribution in [0.2, 0.25) is 0 Å². The molecule has 0 aromatic carbocycles. The van der Waals surface area contributed by atoms with E-state index in [1.807, 2.05) is 28.3 Å². The number of nitrogens with one attached hydrogen (secondary N) is 1. The van der Waals surface area contributed by atoms with Gasteiger partial charge in [-0.2, -0.15) is 16.6 Å². The third kappa shape index (κ3) is 3.28. The lowest BCUT2D eigenvalue weighted by molar-refractivity contribution is -0.112. The number of aromatic nitrogens is 2. The number of hydrogen-bond donors (Lipinski definition) is 1. The van der Waals surface area contributed by atoms with Gasteiger partial charge in [0.25, 0.3) is 5.91 Å². The van der Waals surface area contributed by atoms with Gasteiger partial charge >= 0.3 is 0 Å². The molecule has 1 amide bonds. The van der Waals surface area contributed by atoms with Gasteiger partial charge in [-0.3, -0.25) is 10.1 Å². The summed E-state index contributed by atoms with van der Waals surface area (Å²) in [5.74, 6) is -0.484. The van der Waals surface area contributed by atoms with Gasteiger partial charge in [0.05, 0.1) is 5.69 Å². The minimum Gasteiger partial charge on any atom is -0.297 e. The number of carbonyl (C=O) groups is 1. The van der Waals surface area contributed by atoms with Gasteiger partial charge in [0.2, 0.25) is 0 Å². The van der Waals surface area contributed by atoms with Gasteiger partial charge in [-0.15, -0.1) is 22.7 Å². The fourth-order valence-electron chi connectivity index (χ4n) is 1.62. The van der Waals surface area contributed by atoms with Crippen molar-refractivity contribution in [3.63, 3.8) is 0 Å². The molecule has 3 aromatic heterocycles. The first kappa shape index (κ1) is 14.6. The van der Waals surface area contributed by atoms with E-state index in [0.29, 0.717) is 10.8 Å². The highest BCUT2D eigenvalue weighted by atomic mass is 32.1. The topological polar surface area (TPSA) is 78.7 Å². The van der Waals surface area contributed by atoms with Crippen molar-refractivity contribution in [3.05, 3.63) is 45.1 Å². The number of rotatable bonds is 4. The Morgan fingerprint density at radius 3 is 2.91 bits per heavy atom. The highest BCUT2D eigenvalue weighted by Crippen LogP contribution is 2.26. The van der Waals surface area contributed by atoms with Gasteiger partial charge in [-0.1, -0.05) is 0 Å². The Morgan fingerprint density at radius 1 is 1.32 bits per heavy atom. The van der Waals surface area contributed by atoms with Gasteiger partial charge < -0.3 is 0 Å². The lowest BCUT2D eigenvalue weighted by Gasteiger charge is -1.98. The molecule has 0 saturated heterocycles. The van der Waals surface area contributed by atoms with Crippen LogP contribution in [0, 0.1) is 11.3 Å². The largest absolute Gasteiger partial charge is 0.297 e. The van der Waals surface area contributed by atoms with Crippen molar-refractivity contribution in [1.82, 2.24) is 9.97 Å². The first-order valence-corrected chi connectivity index (χ1v) is 8.77. The number of anilines is 1. The quantitative estimate of drug-likeness (QED) is 0.575. The lowest BCUT2D eigenvalue weighted by Crippen LogP contribution is -2.13. The number of thiazole rings is 2. The standard InChI is InChI=1S/C14H8N4OS3/c15-6-10(12(19)18-14-16-2-4-21-14)5-11-8-22-13(17-11)9-1-3-20-7-9/h1-5,7-8H,(H,16,18,19). The zero-order chi connectivity index (χ0) is 15.4. The molecule has 22 heavy (non-hydrogen) atoms. The van der Waals surface area contributed by atoms with E-state index in [2.05, 4.69) is 15.3 Å². The summed E-state index contributed by atoms with van der Waals surface area (Å²) >= 11 is 4.37.